The summed E-state index contributed by atoms with van der Waals surface area (Å²) in [7, 11) is 0. The summed E-state index contributed by atoms with van der Waals surface area (Å²) in [5.41, 5.74) is 3.01. The smallest absolute Gasteiger partial charge is 0.251 e. The lowest BCUT2D eigenvalue weighted by Crippen LogP contribution is -2.19. The van der Waals surface area contributed by atoms with E-state index in [-0.39, 0.29) is 5.56 Å². The van der Waals surface area contributed by atoms with Gasteiger partial charge in [-0.05, 0) is 29.7 Å². The summed E-state index contributed by atoms with van der Waals surface area (Å²) in [6, 6.07) is 13.5. The third-order valence-electron chi connectivity index (χ3n) is 2.69. The number of nitrogens with zero attached hydrogens (tertiary/aromatic N) is 1. The molecule has 0 aliphatic carbocycles. The molecule has 0 radical (unpaired) electrons. The minimum absolute atomic E-state index is 0.0158. The zero-order chi connectivity index (χ0) is 12.3. The fourth-order valence-electron chi connectivity index (χ4n) is 1.71. The van der Waals surface area contributed by atoms with Crippen LogP contribution in [0.25, 0.3) is 5.57 Å². The minimum atomic E-state index is 0.0158. The maximum absolute atomic E-state index is 11.7. The van der Waals surface area contributed by atoms with Gasteiger partial charge in [-0.3, -0.25) is 4.79 Å². The summed E-state index contributed by atoms with van der Waals surface area (Å²) in [4.78, 5) is 11.7. The first-order valence-corrected chi connectivity index (χ1v) is 5.57. The molecule has 0 atom stereocenters. The molecule has 17 heavy (non-hydrogen) atoms. The Morgan fingerprint density at radius 2 is 1.94 bits per heavy atom. The Hall–Kier alpha value is -2.09. The van der Waals surface area contributed by atoms with Gasteiger partial charge in [-0.25, -0.2) is 0 Å². The van der Waals surface area contributed by atoms with Gasteiger partial charge in [0.1, 0.15) is 0 Å². The predicted octanol–water partition coefficient (Wildman–Crippen LogP) is 2.87. The summed E-state index contributed by atoms with van der Waals surface area (Å²) >= 11 is 0. The Balaban J connectivity index is 2.22. The Bertz CT molecular complexity index is 581. The highest BCUT2D eigenvalue weighted by atomic mass is 16.1. The standard InChI is InChI=1S/C15H15NO/c1-12-8-9-16(15(17)10-12)11-13(2)14-6-4-3-5-7-14/h3-10H,2,11H2,1H3. The van der Waals surface area contributed by atoms with Gasteiger partial charge in [0.25, 0.3) is 5.56 Å². The van der Waals surface area contributed by atoms with Crippen LogP contribution >= 0.6 is 0 Å². The van der Waals surface area contributed by atoms with Crippen LogP contribution in [0.1, 0.15) is 11.1 Å². The van der Waals surface area contributed by atoms with Crippen molar-refractivity contribution in [1.29, 1.82) is 0 Å². The third-order valence-corrected chi connectivity index (χ3v) is 2.69. The Morgan fingerprint density at radius 1 is 1.24 bits per heavy atom. The van der Waals surface area contributed by atoms with Crippen molar-refractivity contribution in [2.45, 2.75) is 13.5 Å². The van der Waals surface area contributed by atoms with Crippen LogP contribution in [-0.4, -0.2) is 4.57 Å². The lowest BCUT2D eigenvalue weighted by molar-refractivity contribution is 0.789. The minimum Gasteiger partial charge on any atom is -0.311 e. The second-order valence-corrected chi connectivity index (χ2v) is 4.14. The molecule has 0 unspecified atom stereocenters. The van der Waals surface area contributed by atoms with Crippen LogP contribution in [0.3, 0.4) is 0 Å². The van der Waals surface area contributed by atoms with Gasteiger partial charge in [-0.1, -0.05) is 36.9 Å². The number of pyridine rings is 1. The van der Waals surface area contributed by atoms with Gasteiger partial charge in [0.15, 0.2) is 0 Å². The van der Waals surface area contributed by atoms with E-state index in [0.717, 1.165) is 16.7 Å². The van der Waals surface area contributed by atoms with Crippen molar-refractivity contribution in [3.05, 3.63) is 76.7 Å². The number of rotatable bonds is 3. The van der Waals surface area contributed by atoms with Crippen molar-refractivity contribution in [1.82, 2.24) is 4.57 Å². The molecule has 1 aromatic heterocycles. The number of benzene rings is 1. The highest BCUT2D eigenvalue weighted by molar-refractivity contribution is 5.62. The number of aryl methyl sites for hydroxylation is 1. The zero-order valence-corrected chi connectivity index (χ0v) is 9.89. The normalized spacial score (nSPS) is 10.2. The fraction of sp³-hybridized carbons (Fsp3) is 0.133. The van der Waals surface area contributed by atoms with Gasteiger partial charge in [-0.2, -0.15) is 0 Å². The molecule has 0 N–H and O–H groups in total. The van der Waals surface area contributed by atoms with E-state index in [9.17, 15) is 4.79 Å². The van der Waals surface area contributed by atoms with Crippen molar-refractivity contribution in [3.8, 4) is 0 Å². The third kappa shape index (κ3) is 2.72. The highest BCUT2D eigenvalue weighted by Crippen LogP contribution is 2.12. The molecular formula is C15H15NO. The topological polar surface area (TPSA) is 22.0 Å². The molecule has 0 spiro atoms. The van der Waals surface area contributed by atoms with Crippen LogP contribution in [0.2, 0.25) is 0 Å². The van der Waals surface area contributed by atoms with E-state index >= 15 is 0 Å². The molecule has 0 saturated carbocycles. The van der Waals surface area contributed by atoms with Gasteiger partial charge in [0.2, 0.25) is 0 Å². The SMILES string of the molecule is C=C(Cn1ccc(C)cc1=O)c1ccccc1. The summed E-state index contributed by atoms with van der Waals surface area (Å²) in [5, 5.41) is 0. The fourth-order valence-corrected chi connectivity index (χ4v) is 1.71. The van der Waals surface area contributed by atoms with Gasteiger partial charge >= 0.3 is 0 Å². The van der Waals surface area contributed by atoms with Crippen molar-refractivity contribution in [3.63, 3.8) is 0 Å². The molecule has 2 aromatic rings. The molecule has 1 heterocycles. The molecule has 2 heteroatoms. The van der Waals surface area contributed by atoms with Crippen LogP contribution in [0.15, 0.2) is 60.0 Å². The molecule has 2 nitrogen and oxygen atoms in total. The Kier molecular flexibility index (Phi) is 3.24. The monoisotopic (exact) mass is 225 g/mol. The maximum atomic E-state index is 11.7. The summed E-state index contributed by atoms with van der Waals surface area (Å²) in [6.07, 6.45) is 1.81. The van der Waals surface area contributed by atoms with E-state index in [2.05, 4.69) is 6.58 Å². The van der Waals surface area contributed by atoms with E-state index in [1.807, 2.05) is 49.5 Å². The lowest BCUT2D eigenvalue weighted by atomic mass is 10.1. The molecular weight excluding hydrogens is 210 g/mol. The van der Waals surface area contributed by atoms with Crippen LogP contribution in [0, 0.1) is 6.92 Å². The second kappa shape index (κ2) is 4.83. The Morgan fingerprint density at radius 3 is 2.59 bits per heavy atom. The van der Waals surface area contributed by atoms with Crippen molar-refractivity contribution < 1.29 is 0 Å². The average molecular weight is 225 g/mol. The van der Waals surface area contributed by atoms with Crippen molar-refractivity contribution >= 4 is 5.57 Å². The number of allylic oxidation sites excluding steroid dienone is 1. The van der Waals surface area contributed by atoms with Crippen molar-refractivity contribution in [2.75, 3.05) is 0 Å². The molecule has 1 aromatic carbocycles. The quantitative estimate of drug-likeness (QED) is 0.787. The largest absolute Gasteiger partial charge is 0.311 e. The van der Waals surface area contributed by atoms with Crippen LogP contribution in [0.5, 0.6) is 0 Å². The van der Waals surface area contributed by atoms with Gasteiger partial charge in [0.05, 0.1) is 6.54 Å². The molecule has 0 bridgehead atoms. The number of aromatic nitrogens is 1. The van der Waals surface area contributed by atoms with E-state index in [4.69, 9.17) is 0 Å². The average Bonchev–Trinajstić information content (AvgIpc) is 2.34. The molecule has 0 saturated heterocycles. The number of hydrogen-bond acceptors (Lipinski definition) is 1. The summed E-state index contributed by atoms with van der Waals surface area (Å²) < 4.78 is 1.67. The number of hydrogen-bond donors (Lipinski definition) is 0. The van der Waals surface area contributed by atoms with E-state index in [1.165, 1.54) is 0 Å². The van der Waals surface area contributed by atoms with Crippen molar-refractivity contribution in [2.24, 2.45) is 0 Å². The van der Waals surface area contributed by atoms with Gasteiger partial charge < -0.3 is 4.57 Å². The molecule has 2 rings (SSSR count). The van der Waals surface area contributed by atoms with Gasteiger partial charge in [0, 0.05) is 12.3 Å². The highest BCUT2D eigenvalue weighted by Gasteiger charge is 2.01. The van der Waals surface area contributed by atoms with E-state index in [0.29, 0.717) is 6.54 Å². The molecule has 0 amide bonds. The Labute approximate surface area is 101 Å². The first-order valence-electron chi connectivity index (χ1n) is 5.57. The maximum Gasteiger partial charge on any atom is 0.251 e. The first kappa shape index (κ1) is 11.4. The van der Waals surface area contributed by atoms with Crippen LogP contribution in [-0.2, 0) is 6.54 Å². The van der Waals surface area contributed by atoms with E-state index < -0.39 is 0 Å². The van der Waals surface area contributed by atoms with Gasteiger partial charge in [-0.15, -0.1) is 0 Å². The second-order valence-electron chi connectivity index (χ2n) is 4.14. The predicted molar refractivity (Wildman–Crippen MR) is 70.9 cm³/mol. The summed E-state index contributed by atoms with van der Waals surface area (Å²) in [5.74, 6) is 0. The summed E-state index contributed by atoms with van der Waals surface area (Å²) in [6.45, 7) is 6.47. The van der Waals surface area contributed by atoms with Crippen LogP contribution in [0.4, 0.5) is 0 Å². The zero-order valence-electron chi connectivity index (χ0n) is 9.89. The van der Waals surface area contributed by atoms with E-state index in [1.54, 1.807) is 10.6 Å². The molecule has 0 aliphatic rings. The molecule has 0 fully saturated rings. The van der Waals surface area contributed by atoms with Crippen LogP contribution < -0.4 is 5.56 Å². The lowest BCUT2D eigenvalue weighted by Gasteiger charge is -2.08. The molecule has 0 aliphatic heterocycles. The first-order chi connectivity index (χ1) is 8.16. The molecule has 86 valence electrons.